The molecule has 1 aromatic carbocycles. The molecule has 0 saturated carbocycles. The van der Waals surface area contributed by atoms with Gasteiger partial charge in [-0.25, -0.2) is 4.98 Å². The van der Waals surface area contributed by atoms with Crippen molar-refractivity contribution in [2.24, 2.45) is 0 Å². The summed E-state index contributed by atoms with van der Waals surface area (Å²) in [5, 5.41) is 6.88. The zero-order valence-corrected chi connectivity index (χ0v) is 16.4. The van der Waals surface area contributed by atoms with Crippen LogP contribution >= 0.6 is 0 Å². The van der Waals surface area contributed by atoms with Crippen LogP contribution in [0.2, 0.25) is 0 Å². The molecule has 0 radical (unpaired) electrons. The van der Waals surface area contributed by atoms with Gasteiger partial charge in [0, 0.05) is 17.7 Å². The Morgan fingerprint density at radius 2 is 1.96 bits per heavy atom. The van der Waals surface area contributed by atoms with Crippen molar-refractivity contribution in [3.8, 4) is 17.2 Å². The van der Waals surface area contributed by atoms with Gasteiger partial charge >= 0.3 is 0 Å². The highest BCUT2D eigenvalue weighted by Crippen LogP contribution is 2.24. The van der Waals surface area contributed by atoms with Crippen molar-refractivity contribution >= 4 is 5.91 Å². The second-order valence-corrected chi connectivity index (χ2v) is 6.54. The monoisotopic (exact) mass is 381 g/mol. The largest absolute Gasteiger partial charge is 0.497 e. The number of amides is 1. The van der Waals surface area contributed by atoms with Gasteiger partial charge in [0.25, 0.3) is 5.91 Å². The molecule has 7 heteroatoms. The molecule has 1 N–H and O–H groups in total. The van der Waals surface area contributed by atoms with Crippen LogP contribution in [0.15, 0.2) is 47.1 Å². The van der Waals surface area contributed by atoms with Crippen molar-refractivity contribution in [2.45, 2.75) is 33.2 Å². The van der Waals surface area contributed by atoms with Gasteiger partial charge in [-0.05, 0) is 51.5 Å². The molecule has 3 aromatic rings. The Balaban J connectivity index is 1.60. The van der Waals surface area contributed by atoms with Gasteiger partial charge in [-0.3, -0.25) is 4.79 Å². The van der Waals surface area contributed by atoms with Crippen LogP contribution in [0, 0.1) is 13.8 Å². The fraction of sp³-hybridized carbons (Fsp3) is 0.286. The number of methoxy groups -OCH3 is 1. The molecule has 28 heavy (non-hydrogen) atoms. The second kappa shape index (κ2) is 8.56. The molecule has 146 valence electrons. The number of pyridine rings is 1. The van der Waals surface area contributed by atoms with Crippen LogP contribution in [-0.4, -0.2) is 29.2 Å². The van der Waals surface area contributed by atoms with Gasteiger partial charge in [0.2, 0.25) is 0 Å². The van der Waals surface area contributed by atoms with E-state index in [2.05, 4.69) is 15.5 Å². The second-order valence-electron chi connectivity index (χ2n) is 6.54. The summed E-state index contributed by atoms with van der Waals surface area (Å²) in [4.78, 5) is 16.6. The van der Waals surface area contributed by atoms with E-state index < -0.39 is 0 Å². The molecular formula is C21H23N3O4. The van der Waals surface area contributed by atoms with E-state index in [1.165, 1.54) is 6.20 Å². The number of hydrogen-bond acceptors (Lipinski definition) is 6. The summed E-state index contributed by atoms with van der Waals surface area (Å²) in [5.41, 5.74) is 2.18. The summed E-state index contributed by atoms with van der Waals surface area (Å²) in [5.74, 6) is 2.40. The fourth-order valence-electron chi connectivity index (χ4n) is 2.82. The minimum absolute atomic E-state index is 0.0844. The lowest BCUT2D eigenvalue weighted by Crippen LogP contribution is -2.34. The van der Waals surface area contributed by atoms with E-state index in [0.29, 0.717) is 29.4 Å². The highest BCUT2D eigenvalue weighted by atomic mass is 16.5. The maximum Gasteiger partial charge on any atom is 0.270 e. The van der Waals surface area contributed by atoms with Crippen molar-refractivity contribution < 1.29 is 18.8 Å². The van der Waals surface area contributed by atoms with Crippen LogP contribution in [0.25, 0.3) is 0 Å². The lowest BCUT2D eigenvalue weighted by atomic mass is 10.1. The molecule has 0 aliphatic carbocycles. The molecule has 2 aromatic heterocycles. The predicted molar refractivity (Wildman–Crippen MR) is 104 cm³/mol. The number of aryl methyl sites for hydroxylation is 2. The van der Waals surface area contributed by atoms with Crippen LogP contribution in [-0.2, 0) is 6.42 Å². The smallest absolute Gasteiger partial charge is 0.270 e. The van der Waals surface area contributed by atoms with Crippen molar-refractivity contribution in [3.63, 3.8) is 0 Å². The maximum absolute atomic E-state index is 12.4. The van der Waals surface area contributed by atoms with E-state index in [1.54, 1.807) is 25.3 Å². The van der Waals surface area contributed by atoms with Crippen LogP contribution < -0.4 is 14.8 Å². The van der Waals surface area contributed by atoms with E-state index in [-0.39, 0.29) is 11.9 Å². The van der Waals surface area contributed by atoms with Crippen molar-refractivity contribution in [1.29, 1.82) is 0 Å². The zero-order chi connectivity index (χ0) is 20.1. The van der Waals surface area contributed by atoms with E-state index in [1.807, 2.05) is 39.0 Å². The van der Waals surface area contributed by atoms with Crippen LogP contribution in [0.1, 0.15) is 34.4 Å². The molecule has 0 bridgehead atoms. The number of aromatic nitrogens is 2. The molecule has 1 atom stereocenters. The minimum atomic E-state index is -0.243. The number of benzene rings is 1. The SMILES string of the molecule is COc1cccc(Oc2ccc(C(=O)NC(C)Cc3c(C)noc3C)nc2)c1. The topological polar surface area (TPSA) is 86.5 Å². The molecule has 0 aliphatic heterocycles. The van der Waals surface area contributed by atoms with Gasteiger partial charge in [0.1, 0.15) is 28.7 Å². The first kappa shape index (κ1) is 19.4. The summed E-state index contributed by atoms with van der Waals surface area (Å²) >= 11 is 0. The highest BCUT2D eigenvalue weighted by molar-refractivity contribution is 5.92. The molecular weight excluding hydrogens is 358 g/mol. The molecule has 0 fully saturated rings. The molecule has 0 saturated heterocycles. The molecule has 3 rings (SSSR count). The van der Waals surface area contributed by atoms with E-state index in [0.717, 1.165) is 17.0 Å². The Morgan fingerprint density at radius 3 is 2.61 bits per heavy atom. The molecule has 0 spiro atoms. The van der Waals surface area contributed by atoms with Crippen LogP contribution in [0.5, 0.6) is 17.2 Å². The van der Waals surface area contributed by atoms with Crippen molar-refractivity contribution in [1.82, 2.24) is 15.5 Å². The number of carbonyl (C=O) groups is 1. The number of rotatable bonds is 7. The van der Waals surface area contributed by atoms with E-state index >= 15 is 0 Å². The normalized spacial score (nSPS) is 11.7. The zero-order valence-electron chi connectivity index (χ0n) is 16.4. The van der Waals surface area contributed by atoms with E-state index in [9.17, 15) is 4.79 Å². The first-order valence-electron chi connectivity index (χ1n) is 8.97. The van der Waals surface area contributed by atoms with Gasteiger partial charge in [0.05, 0.1) is 19.0 Å². The van der Waals surface area contributed by atoms with E-state index in [4.69, 9.17) is 14.0 Å². The molecule has 7 nitrogen and oxygen atoms in total. The number of carbonyl (C=O) groups excluding carboxylic acids is 1. The predicted octanol–water partition coefficient (Wildman–Crippen LogP) is 3.85. The molecule has 0 aliphatic rings. The molecule has 1 amide bonds. The van der Waals surface area contributed by atoms with Gasteiger partial charge < -0.3 is 19.3 Å². The van der Waals surface area contributed by atoms with Gasteiger partial charge in [-0.1, -0.05) is 11.2 Å². The Hall–Kier alpha value is -3.35. The Labute approximate surface area is 163 Å². The van der Waals surface area contributed by atoms with Gasteiger partial charge in [0.15, 0.2) is 0 Å². The third-order valence-corrected chi connectivity index (χ3v) is 4.31. The third kappa shape index (κ3) is 4.68. The minimum Gasteiger partial charge on any atom is -0.497 e. The first-order valence-corrected chi connectivity index (χ1v) is 8.97. The lowest BCUT2D eigenvalue weighted by molar-refractivity contribution is 0.0935. The van der Waals surface area contributed by atoms with Crippen LogP contribution in [0.3, 0.4) is 0 Å². The Kier molecular flexibility index (Phi) is 5.93. The fourth-order valence-corrected chi connectivity index (χ4v) is 2.82. The van der Waals surface area contributed by atoms with Crippen molar-refractivity contribution in [3.05, 3.63) is 65.3 Å². The molecule has 2 heterocycles. The first-order chi connectivity index (χ1) is 13.5. The highest BCUT2D eigenvalue weighted by Gasteiger charge is 2.16. The molecule has 1 unspecified atom stereocenters. The van der Waals surface area contributed by atoms with Crippen molar-refractivity contribution in [2.75, 3.05) is 7.11 Å². The third-order valence-electron chi connectivity index (χ3n) is 4.31. The standard InChI is InChI=1S/C21H23N3O4/c1-13(10-19-14(2)24-28-15(19)3)23-21(25)20-9-8-18(12-22-20)27-17-7-5-6-16(11-17)26-4/h5-9,11-13H,10H2,1-4H3,(H,23,25). The van der Waals surface area contributed by atoms with Gasteiger partial charge in [-0.15, -0.1) is 0 Å². The summed E-state index contributed by atoms with van der Waals surface area (Å²) < 4.78 is 16.1. The summed E-state index contributed by atoms with van der Waals surface area (Å²) in [6.07, 6.45) is 2.16. The lowest BCUT2D eigenvalue weighted by Gasteiger charge is -2.13. The van der Waals surface area contributed by atoms with Gasteiger partial charge in [-0.2, -0.15) is 0 Å². The number of nitrogens with one attached hydrogen (secondary N) is 1. The maximum atomic E-state index is 12.4. The number of hydrogen-bond donors (Lipinski definition) is 1. The Morgan fingerprint density at radius 1 is 1.18 bits per heavy atom. The van der Waals surface area contributed by atoms with Crippen LogP contribution in [0.4, 0.5) is 0 Å². The quantitative estimate of drug-likeness (QED) is 0.669. The Bertz CT molecular complexity index is 931. The summed E-state index contributed by atoms with van der Waals surface area (Å²) in [6, 6.07) is 10.5. The number of ether oxygens (including phenoxy) is 2. The average molecular weight is 381 g/mol. The summed E-state index contributed by atoms with van der Waals surface area (Å²) in [6.45, 7) is 5.69. The summed E-state index contributed by atoms with van der Waals surface area (Å²) in [7, 11) is 1.60. The average Bonchev–Trinajstić information content (AvgIpc) is 3.00. The number of nitrogens with zero attached hydrogens (tertiary/aromatic N) is 2.